The van der Waals surface area contributed by atoms with E-state index in [1.807, 2.05) is 0 Å². The third kappa shape index (κ3) is 2.94. The fourth-order valence-corrected chi connectivity index (χ4v) is 2.71. The van der Waals surface area contributed by atoms with Gasteiger partial charge >= 0.3 is 0 Å². The fraction of sp³-hybridized carbons (Fsp3) is 0.500. The van der Waals surface area contributed by atoms with Crippen LogP contribution in [-0.4, -0.2) is 42.8 Å². The predicted molar refractivity (Wildman–Crippen MR) is 73.4 cm³/mol. The molecule has 0 bridgehead atoms. The van der Waals surface area contributed by atoms with E-state index in [-0.39, 0.29) is 12.6 Å². The van der Waals surface area contributed by atoms with Crippen molar-refractivity contribution in [1.29, 1.82) is 0 Å². The molecule has 1 aromatic rings. The lowest BCUT2D eigenvalue weighted by molar-refractivity contribution is 0.111. The molecule has 0 saturated carbocycles. The Morgan fingerprint density at radius 2 is 2.12 bits per heavy atom. The lowest BCUT2D eigenvalue weighted by Crippen LogP contribution is -2.46. The number of aliphatic hydroxyl groups excluding tert-OH is 1. The summed E-state index contributed by atoms with van der Waals surface area (Å²) < 4.78 is 1.23. The summed E-state index contributed by atoms with van der Waals surface area (Å²) in [5, 5.41) is 12.9. The Bertz CT molecular complexity index is 340. The Morgan fingerprint density at radius 3 is 2.75 bits per heavy atom. The molecule has 1 aromatic carbocycles. The van der Waals surface area contributed by atoms with Crippen molar-refractivity contribution < 1.29 is 5.11 Å². The fourth-order valence-electron chi connectivity index (χ4n) is 2.14. The van der Waals surface area contributed by atoms with Crippen LogP contribution in [0.1, 0.15) is 11.6 Å². The first-order valence-corrected chi connectivity index (χ1v) is 6.70. The first-order valence-electron chi connectivity index (χ1n) is 5.62. The number of aliphatic hydroxyl groups is 1. The third-order valence-corrected chi connectivity index (χ3v) is 3.67. The van der Waals surface area contributed by atoms with Crippen molar-refractivity contribution >= 4 is 22.6 Å². The first kappa shape index (κ1) is 12.3. The Morgan fingerprint density at radius 1 is 1.38 bits per heavy atom. The van der Waals surface area contributed by atoms with E-state index < -0.39 is 0 Å². The largest absolute Gasteiger partial charge is 0.394 e. The van der Waals surface area contributed by atoms with E-state index in [0.717, 1.165) is 26.2 Å². The van der Waals surface area contributed by atoms with Crippen molar-refractivity contribution in [2.45, 2.75) is 6.04 Å². The summed E-state index contributed by atoms with van der Waals surface area (Å²) in [4.78, 5) is 2.35. The zero-order valence-electron chi connectivity index (χ0n) is 9.19. The molecule has 0 radical (unpaired) electrons. The van der Waals surface area contributed by atoms with E-state index in [1.165, 1.54) is 9.13 Å². The third-order valence-electron chi connectivity index (χ3n) is 3.00. The van der Waals surface area contributed by atoms with Gasteiger partial charge in [-0.25, -0.2) is 0 Å². The number of rotatable bonds is 3. The van der Waals surface area contributed by atoms with Crippen LogP contribution in [-0.2, 0) is 0 Å². The second-order valence-electron chi connectivity index (χ2n) is 4.04. The summed E-state index contributed by atoms with van der Waals surface area (Å²) in [5.41, 5.74) is 1.22. The quantitative estimate of drug-likeness (QED) is 0.818. The van der Waals surface area contributed by atoms with Gasteiger partial charge in [-0.05, 0) is 40.3 Å². The molecule has 1 saturated heterocycles. The molecule has 1 fully saturated rings. The topological polar surface area (TPSA) is 35.5 Å². The van der Waals surface area contributed by atoms with E-state index in [2.05, 4.69) is 57.1 Å². The molecule has 88 valence electrons. The number of benzene rings is 1. The van der Waals surface area contributed by atoms with Crippen LogP contribution in [0.2, 0.25) is 0 Å². The number of nitrogens with zero attached hydrogens (tertiary/aromatic N) is 1. The van der Waals surface area contributed by atoms with Gasteiger partial charge in [0.25, 0.3) is 0 Å². The molecule has 2 N–H and O–H groups in total. The minimum absolute atomic E-state index is 0.150. The first-order chi connectivity index (χ1) is 7.81. The normalized spacial score (nSPS) is 19.6. The molecule has 0 amide bonds. The molecule has 0 spiro atoms. The van der Waals surface area contributed by atoms with Gasteiger partial charge in [0, 0.05) is 29.7 Å². The molecule has 4 heteroatoms. The van der Waals surface area contributed by atoms with Crippen molar-refractivity contribution in [3.63, 3.8) is 0 Å². The highest BCUT2D eigenvalue weighted by atomic mass is 127. The van der Waals surface area contributed by atoms with Gasteiger partial charge in [0.2, 0.25) is 0 Å². The molecular weight excluding hydrogens is 315 g/mol. The van der Waals surface area contributed by atoms with Crippen LogP contribution < -0.4 is 5.32 Å². The zero-order chi connectivity index (χ0) is 11.4. The Labute approximate surface area is 110 Å². The van der Waals surface area contributed by atoms with Crippen molar-refractivity contribution in [1.82, 2.24) is 10.2 Å². The summed E-state index contributed by atoms with van der Waals surface area (Å²) >= 11 is 2.31. The van der Waals surface area contributed by atoms with Crippen LogP contribution in [0.25, 0.3) is 0 Å². The SMILES string of the molecule is OC[C@H](c1cccc(I)c1)N1CCNCC1. The average molecular weight is 332 g/mol. The number of nitrogens with one attached hydrogen (secondary N) is 1. The predicted octanol–water partition coefficient (Wildman–Crippen LogP) is 1.23. The molecule has 1 atom stereocenters. The average Bonchev–Trinajstić information content (AvgIpc) is 2.31. The smallest absolute Gasteiger partial charge is 0.0628 e. The van der Waals surface area contributed by atoms with Crippen LogP contribution in [0.5, 0.6) is 0 Å². The second-order valence-corrected chi connectivity index (χ2v) is 5.28. The van der Waals surface area contributed by atoms with Crippen LogP contribution in [0.4, 0.5) is 0 Å². The van der Waals surface area contributed by atoms with Gasteiger partial charge < -0.3 is 10.4 Å². The Hall–Kier alpha value is -0.170. The van der Waals surface area contributed by atoms with E-state index in [1.54, 1.807) is 0 Å². The second kappa shape index (κ2) is 5.95. The molecule has 1 aliphatic heterocycles. The molecule has 1 aliphatic rings. The van der Waals surface area contributed by atoms with Crippen molar-refractivity contribution in [3.8, 4) is 0 Å². The minimum atomic E-state index is 0.150. The van der Waals surface area contributed by atoms with Crippen molar-refractivity contribution in [2.75, 3.05) is 32.8 Å². The maximum absolute atomic E-state index is 9.56. The highest BCUT2D eigenvalue weighted by Gasteiger charge is 2.21. The molecule has 1 heterocycles. The summed E-state index contributed by atoms with van der Waals surface area (Å²) in [6.07, 6.45) is 0. The van der Waals surface area contributed by atoms with Gasteiger partial charge in [0.1, 0.15) is 0 Å². The standard InChI is InChI=1S/C12H17IN2O/c13-11-3-1-2-10(8-11)12(9-16)15-6-4-14-5-7-15/h1-3,8,12,14,16H,4-7,9H2/t12-/m1/s1. The zero-order valence-corrected chi connectivity index (χ0v) is 11.4. The van der Waals surface area contributed by atoms with Crippen LogP contribution in [0.3, 0.4) is 0 Å². The van der Waals surface area contributed by atoms with E-state index in [4.69, 9.17) is 0 Å². The van der Waals surface area contributed by atoms with Crippen LogP contribution in [0, 0.1) is 3.57 Å². The van der Waals surface area contributed by atoms with Gasteiger partial charge in [-0.3, -0.25) is 4.90 Å². The number of piperazine rings is 1. The van der Waals surface area contributed by atoms with E-state index in [0.29, 0.717) is 0 Å². The van der Waals surface area contributed by atoms with Gasteiger partial charge in [-0.1, -0.05) is 12.1 Å². The van der Waals surface area contributed by atoms with Crippen LogP contribution in [0.15, 0.2) is 24.3 Å². The molecule has 0 aromatic heterocycles. The molecule has 16 heavy (non-hydrogen) atoms. The van der Waals surface area contributed by atoms with Crippen molar-refractivity contribution in [2.24, 2.45) is 0 Å². The van der Waals surface area contributed by atoms with E-state index >= 15 is 0 Å². The van der Waals surface area contributed by atoms with Gasteiger partial charge in [-0.2, -0.15) is 0 Å². The maximum atomic E-state index is 9.56. The monoisotopic (exact) mass is 332 g/mol. The van der Waals surface area contributed by atoms with E-state index in [9.17, 15) is 5.11 Å². The van der Waals surface area contributed by atoms with Crippen LogP contribution >= 0.6 is 22.6 Å². The van der Waals surface area contributed by atoms with Gasteiger partial charge in [-0.15, -0.1) is 0 Å². The van der Waals surface area contributed by atoms with Gasteiger partial charge in [0.05, 0.1) is 12.6 Å². The molecule has 0 aliphatic carbocycles. The maximum Gasteiger partial charge on any atom is 0.0628 e. The minimum Gasteiger partial charge on any atom is -0.394 e. The number of halogens is 1. The molecular formula is C12H17IN2O. The highest BCUT2D eigenvalue weighted by Crippen LogP contribution is 2.22. The number of hydrogen-bond acceptors (Lipinski definition) is 3. The van der Waals surface area contributed by atoms with Gasteiger partial charge in [0.15, 0.2) is 0 Å². The molecule has 0 unspecified atom stereocenters. The molecule has 3 nitrogen and oxygen atoms in total. The molecule has 2 rings (SSSR count). The lowest BCUT2D eigenvalue weighted by atomic mass is 10.1. The van der Waals surface area contributed by atoms with Crippen molar-refractivity contribution in [3.05, 3.63) is 33.4 Å². The Kier molecular flexibility index (Phi) is 4.57. The Balaban J connectivity index is 2.14. The number of hydrogen-bond donors (Lipinski definition) is 2. The summed E-state index contributed by atoms with van der Waals surface area (Å²) in [5.74, 6) is 0. The highest BCUT2D eigenvalue weighted by molar-refractivity contribution is 14.1. The summed E-state index contributed by atoms with van der Waals surface area (Å²) in [6.45, 7) is 4.24. The lowest BCUT2D eigenvalue weighted by Gasteiger charge is -2.34. The summed E-state index contributed by atoms with van der Waals surface area (Å²) in [6, 6.07) is 8.55. The summed E-state index contributed by atoms with van der Waals surface area (Å²) in [7, 11) is 0.